The van der Waals surface area contributed by atoms with Crippen LogP contribution in [0.1, 0.15) is 12.5 Å². The van der Waals surface area contributed by atoms with Gasteiger partial charge in [0.05, 0.1) is 23.4 Å². The van der Waals surface area contributed by atoms with Crippen LogP contribution in [0.15, 0.2) is 29.3 Å². The minimum Gasteiger partial charge on any atom is -0.494 e. The van der Waals surface area contributed by atoms with Gasteiger partial charge in [0, 0.05) is 11.5 Å². The number of benzene rings is 1. The van der Waals surface area contributed by atoms with Crippen LogP contribution in [0.25, 0.3) is 10.9 Å². The minimum absolute atomic E-state index is 0.0956. The molecule has 1 aromatic carbocycles. The highest BCUT2D eigenvalue weighted by atomic mass is 32.2. The van der Waals surface area contributed by atoms with Gasteiger partial charge < -0.3 is 10.5 Å². The Bertz CT molecular complexity index is 695. The molecule has 0 fully saturated rings. The van der Waals surface area contributed by atoms with Gasteiger partial charge in [-0.15, -0.1) is 0 Å². The van der Waals surface area contributed by atoms with Crippen LogP contribution in [0.4, 0.5) is 0 Å². The summed E-state index contributed by atoms with van der Waals surface area (Å²) in [4.78, 5) is 15.3. The normalized spacial score (nSPS) is 10.2. The van der Waals surface area contributed by atoms with Crippen molar-refractivity contribution in [2.45, 2.75) is 11.9 Å². The van der Waals surface area contributed by atoms with E-state index in [2.05, 4.69) is 11.1 Å². The first-order valence-corrected chi connectivity index (χ1v) is 7.01. The van der Waals surface area contributed by atoms with Crippen LogP contribution in [0.2, 0.25) is 0 Å². The van der Waals surface area contributed by atoms with Crippen molar-refractivity contribution in [1.29, 1.82) is 5.26 Å². The lowest BCUT2D eigenvalue weighted by molar-refractivity contribution is -0.115. The number of ether oxygens (including phenoxy) is 1. The number of carbonyl (C=O) groups excluding carboxylic acids is 1. The highest BCUT2D eigenvalue weighted by Gasteiger charge is 2.09. The Balaban J connectivity index is 2.44. The van der Waals surface area contributed by atoms with Crippen molar-refractivity contribution in [3.05, 3.63) is 29.8 Å². The molecule has 0 aliphatic heterocycles. The predicted molar refractivity (Wildman–Crippen MR) is 77.5 cm³/mol. The lowest BCUT2D eigenvalue weighted by Gasteiger charge is -2.07. The average Bonchev–Trinajstić information content (AvgIpc) is 2.44. The maximum Gasteiger partial charge on any atom is 0.227 e. The molecule has 20 heavy (non-hydrogen) atoms. The number of carbonyl (C=O) groups is 1. The number of primary amides is 1. The third-order valence-corrected chi connectivity index (χ3v) is 3.55. The molecule has 1 amide bonds. The summed E-state index contributed by atoms with van der Waals surface area (Å²) in [5.41, 5.74) is 6.28. The zero-order chi connectivity index (χ0) is 14.5. The molecule has 0 saturated carbocycles. The van der Waals surface area contributed by atoms with Crippen molar-refractivity contribution >= 4 is 28.6 Å². The highest BCUT2D eigenvalue weighted by Crippen LogP contribution is 2.26. The van der Waals surface area contributed by atoms with Crippen LogP contribution in [0.3, 0.4) is 0 Å². The Morgan fingerprint density at radius 3 is 2.95 bits per heavy atom. The number of rotatable bonds is 5. The number of pyridine rings is 1. The first kappa shape index (κ1) is 14.2. The molecule has 0 bridgehead atoms. The van der Waals surface area contributed by atoms with E-state index in [1.807, 2.05) is 25.1 Å². The molecule has 2 aromatic rings. The van der Waals surface area contributed by atoms with Gasteiger partial charge in [-0.05, 0) is 25.1 Å². The summed E-state index contributed by atoms with van der Waals surface area (Å²) in [6.07, 6.45) is 0. The van der Waals surface area contributed by atoms with Crippen LogP contribution in [0, 0.1) is 11.3 Å². The molecule has 1 heterocycles. The number of nitrogens with zero attached hydrogens (tertiary/aromatic N) is 2. The summed E-state index contributed by atoms with van der Waals surface area (Å²) in [5.74, 6) is 0.380. The van der Waals surface area contributed by atoms with Crippen LogP contribution in [-0.4, -0.2) is 23.3 Å². The number of amides is 1. The third-order valence-electron chi connectivity index (χ3n) is 2.54. The van der Waals surface area contributed by atoms with Crippen molar-refractivity contribution in [2.75, 3.05) is 12.4 Å². The maximum atomic E-state index is 10.8. The van der Waals surface area contributed by atoms with Gasteiger partial charge in [0.2, 0.25) is 5.91 Å². The van der Waals surface area contributed by atoms with Gasteiger partial charge >= 0.3 is 0 Å². The SMILES string of the molecule is CCOc1ccc2cc(C#N)c(SCC(N)=O)nc2c1. The predicted octanol–water partition coefficient (Wildman–Crippen LogP) is 2.08. The highest BCUT2D eigenvalue weighted by molar-refractivity contribution is 8.00. The van der Waals surface area contributed by atoms with E-state index in [0.29, 0.717) is 17.2 Å². The van der Waals surface area contributed by atoms with Gasteiger partial charge in [0.15, 0.2) is 0 Å². The van der Waals surface area contributed by atoms with Gasteiger partial charge in [-0.25, -0.2) is 4.98 Å². The van der Waals surface area contributed by atoms with Crippen molar-refractivity contribution in [1.82, 2.24) is 4.98 Å². The van der Waals surface area contributed by atoms with Crippen molar-refractivity contribution < 1.29 is 9.53 Å². The number of hydrogen-bond acceptors (Lipinski definition) is 5. The molecule has 102 valence electrons. The largest absolute Gasteiger partial charge is 0.494 e. The Kier molecular flexibility index (Phi) is 4.43. The monoisotopic (exact) mass is 287 g/mol. The van der Waals surface area contributed by atoms with E-state index < -0.39 is 5.91 Å². The minimum atomic E-state index is -0.441. The first-order valence-electron chi connectivity index (χ1n) is 6.03. The molecule has 1 aromatic heterocycles. The fraction of sp³-hybridized carbons (Fsp3) is 0.214. The standard InChI is InChI=1S/C14H13N3O2S/c1-2-19-11-4-3-9-5-10(7-15)14(17-12(9)6-11)20-8-13(16)18/h3-6H,2,8H2,1H3,(H2,16,18). The van der Waals surface area contributed by atoms with Gasteiger partial charge in [-0.3, -0.25) is 4.79 Å². The summed E-state index contributed by atoms with van der Waals surface area (Å²) in [5, 5.41) is 10.5. The van der Waals surface area contributed by atoms with Crippen molar-refractivity contribution in [3.8, 4) is 11.8 Å². The smallest absolute Gasteiger partial charge is 0.227 e. The summed E-state index contributed by atoms with van der Waals surface area (Å²) < 4.78 is 5.42. The topological polar surface area (TPSA) is 89.0 Å². The lowest BCUT2D eigenvalue weighted by Crippen LogP contribution is -2.13. The van der Waals surface area contributed by atoms with Crippen molar-refractivity contribution in [2.24, 2.45) is 5.73 Å². The molecule has 0 saturated heterocycles. The molecule has 0 atom stereocenters. The number of hydrogen-bond donors (Lipinski definition) is 1. The Hall–Kier alpha value is -2.26. The van der Waals surface area contributed by atoms with Gasteiger partial charge in [0.25, 0.3) is 0 Å². The molecule has 6 heteroatoms. The fourth-order valence-electron chi connectivity index (χ4n) is 1.72. The Morgan fingerprint density at radius 2 is 2.30 bits per heavy atom. The maximum absolute atomic E-state index is 10.8. The van der Waals surface area contributed by atoms with E-state index in [0.717, 1.165) is 28.4 Å². The number of fused-ring (bicyclic) bond motifs is 1. The van der Waals surface area contributed by atoms with Crippen LogP contribution in [0.5, 0.6) is 5.75 Å². The number of thioether (sulfide) groups is 1. The molecule has 5 nitrogen and oxygen atoms in total. The zero-order valence-electron chi connectivity index (χ0n) is 10.9. The number of aromatic nitrogens is 1. The quantitative estimate of drug-likeness (QED) is 0.850. The van der Waals surface area contributed by atoms with E-state index in [1.165, 1.54) is 0 Å². The molecule has 0 aliphatic rings. The van der Waals surface area contributed by atoms with E-state index in [-0.39, 0.29) is 5.75 Å². The van der Waals surface area contributed by atoms with E-state index in [4.69, 9.17) is 15.7 Å². The van der Waals surface area contributed by atoms with Crippen LogP contribution < -0.4 is 10.5 Å². The summed E-state index contributed by atoms with van der Waals surface area (Å²) in [6.45, 7) is 2.48. The fourth-order valence-corrected chi connectivity index (χ4v) is 2.42. The molecule has 0 spiro atoms. The lowest BCUT2D eigenvalue weighted by atomic mass is 10.1. The molecule has 0 unspecified atom stereocenters. The van der Waals surface area contributed by atoms with Crippen molar-refractivity contribution in [3.63, 3.8) is 0 Å². The Labute approximate surface area is 120 Å². The summed E-state index contributed by atoms with van der Waals surface area (Å²) >= 11 is 1.16. The second kappa shape index (κ2) is 6.26. The van der Waals surface area contributed by atoms with E-state index in [1.54, 1.807) is 6.07 Å². The van der Waals surface area contributed by atoms with Crippen LogP contribution in [-0.2, 0) is 4.79 Å². The second-order valence-electron chi connectivity index (χ2n) is 4.00. The summed E-state index contributed by atoms with van der Waals surface area (Å²) in [6, 6.07) is 9.35. The Morgan fingerprint density at radius 1 is 1.50 bits per heavy atom. The van der Waals surface area contributed by atoms with E-state index in [9.17, 15) is 4.79 Å². The van der Waals surface area contributed by atoms with Gasteiger partial charge in [-0.1, -0.05) is 11.8 Å². The summed E-state index contributed by atoms with van der Waals surface area (Å²) in [7, 11) is 0. The zero-order valence-corrected chi connectivity index (χ0v) is 11.7. The second-order valence-corrected chi connectivity index (χ2v) is 4.96. The average molecular weight is 287 g/mol. The number of nitrogens with two attached hydrogens (primary N) is 1. The molecule has 2 N–H and O–H groups in total. The van der Waals surface area contributed by atoms with Gasteiger partial charge in [0.1, 0.15) is 16.8 Å². The molecular weight excluding hydrogens is 274 g/mol. The molecular formula is C14H13N3O2S. The van der Waals surface area contributed by atoms with Crippen LogP contribution >= 0.6 is 11.8 Å². The van der Waals surface area contributed by atoms with Gasteiger partial charge in [-0.2, -0.15) is 5.26 Å². The van der Waals surface area contributed by atoms with E-state index >= 15 is 0 Å². The molecule has 0 radical (unpaired) electrons. The number of nitriles is 1. The molecule has 0 aliphatic carbocycles. The molecule has 2 rings (SSSR count). The third kappa shape index (κ3) is 3.19. The first-order chi connectivity index (χ1) is 9.63.